The van der Waals surface area contributed by atoms with Crippen molar-refractivity contribution in [1.82, 2.24) is 24.6 Å². The van der Waals surface area contributed by atoms with Gasteiger partial charge in [-0.15, -0.1) is 10.2 Å². The Kier molecular flexibility index (Phi) is 4.58. The van der Waals surface area contributed by atoms with Crippen LogP contribution in [0.25, 0.3) is 16.8 Å². The van der Waals surface area contributed by atoms with Crippen LogP contribution < -0.4 is 10.1 Å². The minimum atomic E-state index is -3.39. The molecule has 0 saturated carbocycles. The summed E-state index contributed by atoms with van der Waals surface area (Å²) in [6.07, 6.45) is 6.86. The number of rotatable bonds is 5. The Morgan fingerprint density at radius 2 is 2.10 bits per heavy atom. The van der Waals surface area contributed by atoms with Crippen molar-refractivity contribution < 1.29 is 13.2 Å². The lowest BCUT2D eigenvalue weighted by Gasteiger charge is -2.12. The third kappa shape index (κ3) is 3.48. The number of hydrogen-bond acceptors (Lipinski definition) is 8. The molecule has 0 atom stereocenters. The van der Waals surface area contributed by atoms with Crippen molar-refractivity contribution in [2.45, 2.75) is 24.9 Å². The maximum absolute atomic E-state index is 11.9. The molecule has 1 aromatic carbocycles. The van der Waals surface area contributed by atoms with Gasteiger partial charge in [0.05, 0.1) is 6.61 Å². The number of aryl methyl sites for hydroxylation is 1. The number of aromatic nitrogens is 5. The third-order valence-corrected chi connectivity index (χ3v) is 6.43. The maximum atomic E-state index is 11.9. The highest BCUT2D eigenvalue weighted by atomic mass is 32.2. The van der Waals surface area contributed by atoms with Crippen molar-refractivity contribution in [1.29, 1.82) is 0 Å². The highest BCUT2D eigenvalue weighted by Gasteiger charge is 2.18. The summed E-state index contributed by atoms with van der Waals surface area (Å²) in [5.74, 6) is 1.55. The van der Waals surface area contributed by atoms with Crippen molar-refractivity contribution in [2.24, 2.45) is 0 Å². The molecule has 1 N–H and O–H groups in total. The third-order valence-electron chi connectivity index (χ3n) is 5.30. The summed E-state index contributed by atoms with van der Waals surface area (Å²) in [5.41, 5.74) is 5.00. The van der Waals surface area contributed by atoms with Gasteiger partial charge >= 0.3 is 0 Å². The van der Waals surface area contributed by atoms with Gasteiger partial charge < -0.3 is 10.1 Å². The van der Waals surface area contributed by atoms with Crippen molar-refractivity contribution in [3.8, 4) is 16.9 Å². The summed E-state index contributed by atoms with van der Waals surface area (Å²) in [6.45, 7) is 3.02. The van der Waals surface area contributed by atoms with Crippen LogP contribution in [0.3, 0.4) is 0 Å². The predicted molar refractivity (Wildman–Crippen MR) is 115 cm³/mol. The van der Waals surface area contributed by atoms with E-state index in [1.807, 2.05) is 12.1 Å². The van der Waals surface area contributed by atoms with Crippen LogP contribution in [0, 0.1) is 6.92 Å². The van der Waals surface area contributed by atoms with Crippen LogP contribution in [0.2, 0.25) is 0 Å². The molecule has 4 heterocycles. The molecule has 10 heteroatoms. The van der Waals surface area contributed by atoms with E-state index in [4.69, 9.17) is 4.74 Å². The van der Waals surface area contributed by atoms with Crippen molar-refractivity contribution in [3.05, 3.63) is 59.7 Å². The van der Waals surface area contributed by atoms with Gasteiger partial charge in [-0.05, 0) is 30.2 Å². The van der Waals surface area contributed by atoms with Gasteiger partial charge in [-0.2, -0.15) is 0 Å². The van der Waals surface area contributed by atoms with Gasteiger partial charge in [0.15, 0.2) is 20.5 Å². The number of nitrogens with zero attached hydrogens (tertiary/aromatic N) is 5. The summed E-state index contributed by atoms with van der Waals surface area (Å²) in [7, 11) is -3.39. The fraction of sp³-hybridized carbons (Fsp3) is 0.238. The lowest BCUT2D eigenvalue weighted by molar-refractivity contribution is 0.357. The summed E-state index contributed by atoms with van der Waals surface area (Å²) in [6, 6.07) is 7.83. The molecular formula is C21H20N6O3S. The van der Waals surface area contributed by atoms with Crippen LogP contribution in [-0.4, -0.2) is 45.8 Å². The van der Waals surface area contributed by atoms with Crippen LogP contribution in [0.15, 0.2) is 48.0 Å². The second-order valence-electron chi connectivity index (χ2n) is 7.48. The van der Waals surface area contributed by atoms with Crippen LogP contribution in [0.1, 0.15) is 16.7 Å². The van der Waals surface area contributed by atoms with Crippen molar-refractivity contribution >= 4 is 21.4 Å². The predicted octanol–water partition coefficient (Wildman–Crippen LogP) is 2.45. The van der Waals surface area contributed by atoms with Gasteiger partial charge in [0, 0.05) is 48.3 Å². The zero-order valence-electron chi connectivity index (χ0n) is 17.0. The summed E-state index contributed by atoms with van der Waals surface area (Å²) in [5, 5.41) is 11.7. The Balaban J connectivity index is 1.48. The molecule has 0 unspecified atom stereocenters. The first-order chi connectivity index (χ1) is 14.9. The number of pyridine rings is 1. The monoisotopic (exact) mass is 436 g/mol. The van der Waals surface area contributed by atoms with Gasteiger partial charge in [0.2, 0.25) is 5.95 Å². The van der Waals surface area contributed by atoms with E-state index in [0.717, 1.165) is 24.0 Å². The molecule has 31 heavy (non-hydrogen) atoms. The van der Waals surface area contributed by atoms with E-state index in [2.05, 4.69) is 31.5 Å². The second kappa shape index (κ2) is 7.31. The summed E-state index contributed by atoms with van der Waals surface area (Å²) >= 11 is 0. The molecule has 4 aromatic rings. The standard InChI is InChI=1S/C21H20N6O3S/c1-13-8-15(10-22-20(13)31(2,28)29)17-11-24-21(27-12-25-26-19(17)27)23-9-14-4-3-5-18-16(14)6-7-30-18/h3-5,8,10-12H,6-7,9H2,1-2H3,(H,23,24). The van der Waals surface area contributed by atoms with E-state index in [1.165, 1.54) is 17.3 Å². The average molecular weight is 436 g/mol. The zero-order chi connectivity index (χ0) is 21.6. The van der Waals surface area contributed by atoms with Gasteiger partial charge in [-0.3, -0.25) is 4.40 Å². The fourth-order valence-corrected chi connectivity index (χ4v) is 4.77. The van der Waals surface area contributed by atoms with Crippen LogP contribution >= 0.6 is 0 Å². The smallest absolute Gasteiger partial charge is 0.210 e. The molecule has 0 spiro atoms. The normalized spacial score (nSPS) is 13.2. The second-order valence-corrected chi connectivity index (χ2v) is 9.42. The van der Waals surface area contributed by atoms with Crippen LogP contribution in [0.4, 0.5) is 5.95 Å². The lowest BCUT2D eigenvalue weighted by Crippen LogP contribution is -2.08. The molecule has 0 aliphatic carbocycles. The molecule has 0 bridgehead atoms. The van der Waals surface area contributed by atoms with Crippen molar-refractivity contribution in [3.63, 3.8) is 0 Å². The first kappa shape index (κ1) is 19.4. The molecule has 1 aliphatic rings. The minimum absolute atomic E-state index is 0.0688. The molecule has 9 nitrogen and oxygen atoms in total. The molecule has 0 fully saturated rings. The number of benzene rings is 1. The Bertz CT molecular complexity index is 1410. The Labute approximate surface area is 179 Å². The quantitative estimate of drug-likeness (QED) is 0.508. The Morgan fingerprint density at radius 1 is 1.23 bits per heavy atom. The van der Waals surface area contributed by atoms with Crippen LogP contribution in [0.5, 0.6) is 5.75 Å². The van der Waals surface area contributed by atoms with E-state index in [1.54, 1.807) is 29.9 Å². The van der Waals surface area contributed by atoms with Gasteiger partial charge in [-0.1, -0.05) is 12.1 Å². The fourth-order valence-electron chi connectivity index (χ4n) is 3.88. The molecule has 5 rings (SSSR count). The maximum Gasteiger partial charge on any atom is 0.210 e. The van der Waals surface area contributed by atoms with Gasteiger partial charge in [-0.25, -0.2) is 18.4 Å². The summed E-state index contributed by atoms with van der Waals surface area (Å²) in [4.78, 5) is 8.71. The molecule has 0 saturated heterocycles. The molecular weight excluding hydrogens is 416 g/mol. The largest absolute Gasteiger partial charge is 0.493 e. The molecule has 1 aliphatic heterocycles. The summed E-state index contributed by atoms with van der Waals surface area (Å²) < 4.78 is 31.1. The van der Waals surface area contributed by atoms with E-state index < -0.39 is 9.84 Å². The molecule has 158 valence electrons. The first-order valence-electron chi connectivity index (χ1n) is 9.75. The molecule has 3 aromatic heterocycles. The van der Waals surface area contributed by atoms with Crippen molar-refractivity contribution in [2.75, 3.05) is 18.2 Å². The zero-order valence-corrected chi connectivity index (χ0v) is 17.8. The number of anilines is 1. The number of hydrogen-bond donors (Lipinski definition) is 1. The Morgan fingerprint density at radius 3 is 2.90 bits per heavy atom. The lowest BCUT2D eigenvalue weighted by atomic mass is 10.1. The van der Waals surface area contributed by atoms with E-state index in [0.29, 0.717) is 35.9 Å². The average Bonchev–Trinajstić information content (AvgIpc) is 3.40. The van der Waals surface area contributed by atoms with Gasteiger partial charge in [0.25, 0.3) is 0 Å². The SMILES string of the molecule is Cc1cc(-c2cnc(NCc3cccc4c3CCO4)n3cnnc23)cnc1S(C)(=O)=O. The topological polar surface area (TPSA) is 111 Å². The number of ether oxygens (including phenoxy) is 1. The van der Waals surface area contributed by atoms with E-state index in [-0.39, 0.29) is 5.03 Å². The van der Waals surface area contributed by atoms with Crippen LogP contribution in [-0.2, 0) is 22.8 Å². The number of fused-ring (bicyclic) bond motifs is 2. The first-order valence-corrected chi connectivity index (χ1v) is 11.6. The Hall–Kier alpha value is -3.53. The highest BCUT2D eigenvalue weighted by Crippen LogP contribution is 2.29. The molecule has 0 radical (unpaired) electrons. The number of nitrogens with one attached hydrogen (secondary N) is 1. The van der Waals surface area contributed by atoms with E-state index >= 15 is 0 Å². The minimum Gasteiger partial charge on any atom is -0.493 e. The number of sulfone groups is 1. The highest BCUT2D eigenvalue weighted by molar-refractivity contribution is 7.90. The molecule has 0 amide bonds. The van der Waals surface area contributed by atoms with Gasteiger partial charge in [0.1, 0.15) is 12.1 Å². The van der Waals surface area contributed by atoms with E-state index in [9.17, 15) is 8.42 Å².